The molecule has 0 spiro atoms. The van der Waals surface area contributed by atoms with Crippen LogP contribution in [0.25, 0.3) is 0 Å². The van der Waals surface area contributed by atoms with Crippen molar-refractivity contribution < 1.29 is 62.1 Å². The van der Waals surface area contributed by atoms with Gasteiger partial charge in [-0.15, -0.1) is 0 Å². The maximum absolute atomic E-state index is 7.50. The van der Waals surface area contributed by atoms with Crippen LogP contribution in [0, 0.1) is 39.9 Å². The van der Waals surface area contributed by atoms with Gasteiger partial charge in [-0.25, -0.2) is 0 Å². The number of hydrogen-bond acceptors (Lipinski definition) is 0. The molecule has 0 bridgehead atoms. The molecule has 0 aromatic rings. The first kappa shape index (κ1) is 42.8. The van der Waals surface area contributed by atoms with Gasteiger partial charge in [0.2, 0.25) is 0 Å². The second kappa shape index (κ2) is 60.7. The molecule has 2 rings (SSSR count). The summed E-state index contributed by atoms with van der Waals surface area (Å²) in [5.41, 5.74) is 2.70. The van der Waals surface area contributed by atoms with Crippen molar-refractivity contribution in [3.05, 3.63) is 87.5 Å². The number of hydrogen-bond donors (Lipinski definition) is 0. The molecule has 6 nitrogen and oxygen atoms in total. The first-order chi connectivity index (χ1) is 9.97. The van der Waals surface area contributed by atoms with Crippen LogP contribution >= 0.6 is 0 Å². The van der Waals surface area contributed by atoms with Gasteiger partial charge in [-0.05, 0) is 11.1 Å². The van der Waals surface area contributed by atoms with Gasteiger partial charge in [0.25, 0.3) is 0 Å². The molecule has 0 unspecified atom stereocenters. The molecule has 0 aliphatic heterocycles. The Morgan fingerprint density at radius 3 is 0.818 bits per heavy atom. The second-order valence-electron chi connectivity index (χ2n) is 1.96. The van der Waals surface area contributed by atoms with Gasteiger partial charge >= 0.3 is 67.8 Å². The van der Waals surface area contributed by atoms with Crippen LogP contribution in [0.3, 0.4) is 0 Å². The molecular formula is C14H6Mn2O6. The molecule has 0 fully saturated rings. The topological polar surface area (TPSA) is 119 Å². The van der Waals surface area contributed by atoms with Crippen molar-refractivity contribution in [2.45, 2.75) is 0 Å². The van der Waals surface area contributed by atoms with Crippen molar-refractivity contribution in [2.75, 3.05) is 0 Å². The molecule has 8 heteroatoms. The first-order valence-corrected chi connectivity index (χ1v) is 3.96. The Kier molecular flexibility index (Phi) is 118. The van der Waals surface area contributed by atoms with Gasteiger partial charge in [0, 0.05) is 34.1 Å². The van der Waals surface area contributed by atoms with E-state index in [9.17, 15) is 0 Å². The molecule has 0 atom stereocenters. The second-order valence-corrected chi connectivity index (χ2v) is 1.96. The van der Waals surface area contributed by atoms with Crippen LogP contribution in [0.15, 0.2) is 47.6 Å². The molecule has 0 amide bonds. The van der Waals surface area contributed by atoms with Crippen LogP contribution in [0.5, 0.6) is 0 Å². The van der Waals surface area contributed by atoms with E-state index in [0.29, 0.717) is 0 Å². The predicted octanol–water partition coefficient (Wildman–Crippen LogP) is 1.75. The standard InChI is InChI=1S/C8H6.6CO.2Mn/c1-3-7-5-2-6-8(7)4-1;6*1-2;;/h1-6H;;;;;;;;. The Balaban J connectivity index is -0.0000000283. The normalized spacial score (nSPS) is 8.18. The minimum absolute atomic E-state index is 0. The fourth-order valence-corrected chi connectivity index (χ4v) is 1.01. The van der Waals surface area contributed by atoms with Crippen molar-refractivity contribution in [2.24, 2.45) is 0 Å². The predicted molar refractivity (Wildman–Crippen MR) is 58.0 cm³/mol. The maximum Gasteiger partial charge on any atom is 0 e. The SMILES string of the molecule is C1=CC2=CC=CC2=C1.[C-]#[O+].[C-]#[O+].[C-]#[O+].[C-]#[O+].[C-]#[O+].[C-]#[O+].[Mn].[Mn]. The Labute approximate surface area is 149 Å². The summed E-state index contributed by atoms with van der Waals surface area (Å²) in [5, 5.41) is 0. The van der Waals surface area contributed by atoms with Gasteiger partial charge in [0.15, 0.2) is 0 Å². The molecule has 0 saturated carbocycles. The minimum Gasteiger partial charge on any atom is 0 e. The minimum atomic E-state index is 0. The van der Waals surface area contributed by atoms with E-state index in [0.717, 1.165) is 0 Å². The van der Waals surface area contributed by atoms with Crippen molar-refractivity contribution >= 4 is 0 Å². The molecule has 2 aliphatic rings. The Morgan fingerprint density at radius 2 is 0.636 bits per heavy atom. The van der Waals surface area contributed by atoms with Crippen LogP contribution in [0.2, 0.25) is 0 Å². The van der Waals surface area contributed by atoms with Crippen molar-refractivity contribution in [3.63, 3.8) is 0 Å². The summed E-state index contributed by atoms with van der Waals surface area (Å²) < 4.78 is 45.0. The van der Waals surface area contributed by atoms with Gasteiger partial charge in [-0.3, -0.25) is 0 Å². The van der Waals surface area contributed by atoms with E-state index in [1.54, 1.807) is 0 Å². The third-order valence-corrected chi connectivity index (χ3v) is 1.44. The molecule has 0 aromatic carbocycles. The van der Waals surface area contributed by atoms with Crippen LogP contribution < -0.4 is 0 Å². The summed E-state index contributed by atoms with van der Waals surface area (Å²) in [4.78, 5) is 0. The van der Waals surface area contributed by atoms with E-state index < -0.39 is 0 Å². The van der Waals surface area contributed by atoms with Crippen molar-refractivity contribution in [1.82, 2.24) is 0 Å². The Morgan fingerprint density at radius 1 is 0.455 bits per heavy atom. The summed E-state index contributed by atoms with van der Waals surface area (Å²) in [5.74, 6) is 0. The zero-order chi connectivity index (χ0) is 17.4. The number of rotatable bonds is 0. The van der Waals surface area contributed by atoms with Gasteiger partial charge < -0.3 is 0 Å². The number of allylic oxidation sites excluding steroid dienone is 8. The Bertz CT molecular complexity index is 387. The molecule has 2 radical (unpaired) electrons. The van der Waals surface area contributed by atoms with Gasteiger partial charge in [0.05, 0.1) is 0 Å². The van der Waals surface area contributed by atoms with E-state index in [2.05, 4.69) is 76.4 Å². The van der Waals surface area contributed by atoms with E-state index in [-0.39, 0.29) is 34.1 Å². The largest absolute Gasteiger partial charge is 0 e. The van der Waals surface area contributed by atoms with E-state index in [1.165, 1.54) is 11.1 Å². The molecule has 112 valence electrons. The zero-order valence-corrected chi connectivity index (χ0v) is 13.0. The van der Waals surface area contributed by atoms with Gasteiger partial charge in [0.1, 0.15) is 0 Å². The van der Waals surface area contributed by atoms with E-state index in [1.807, 2.05) is 0 Å². The molecular weight excluding hydrogens is 374 g/mol. The van der Waals surface area contributed by atoms with E-state index >= 15 is 0 Å². The molecule has 0 aromatic heterocycles. The number of fused-ring (bicyclic) bond motifs is 1. The smallest absolute Gasteiger partial charge is 0 e. The molecule has 0 heterocycles. The van der Waals surface area contributed by atoms with E-state index in [4.69, 9.17) is 27.9 Å². The molecule has 2 aliphatic carbocycles. The summed E-state index contributed by atoms with van der Waals surface area (Å²) >= 11 is 0. The zero-order valence-electron chi connectivity index (χ0n) is 10.7. The van der Waals surface area contributed by atoms with Gasteiger partial charge in [-0.1, -0.05) is 36.5 Å². The maximum atomic E-state index is 7.50. The fraction of sp³-hybridized carbons (Fsp3) is 0. The van der Waals surface area contributed by atoms with Crippen LogP contribution in [-0.4, -0.2) is 0 Å². The van der Waals surface area contributed by atoms with Gasteiger partial charge in [-0.2, -0.15) is 0 Å². The molecule has 0 saturated heterocycles. The molecule has 0 N–H and O–H groups in total. The average molecular weight is 380 g/mol. The third kappa shape index (κ3) is 26.9. The third-order valence-electron chi connectivity index (χ3n) is 1.44. The average Bonchev–Trinajstić information content (AvgIpc) is 3.23. The van der Waals surface area contributed by atoms with Crippen molar-refractivity contribution in [1.29, 1.82) is 0 Å². The Hall–Kier alpha value is -1.56. The van der Waals surface area contributed by atoms with Crippen LogP contribution in [-0.2, 0) is 62.1 Å². The monoisotopic (exact) mass is 380 g/mol. The fourth-order valence-electron chi connectivity index (χ4n) is 1.01. The summed E-state index contributed by atoms with van der Waals surface area (Å²) in [6.45, 7) is 27.0. The summed E-state index contributed by atoms with van der Waals surface area (Å²) in [6, 6.07) is 0. The van der Waals surface area contributed by atoms with Crippen molar-refractivity contribution in [3.8, 4) is 0 Å². The van der Waals surface area contributed by atoms with Crippen LogP contribution in [0.1, 0.15) is 0 Å². The summed E-state index contributed by atoms with van der Waals surface area (Å²) in [7, 11) is 0. The summed E-state index contributed by atoms with van der Waals surface area (Å²) in [6.07, 6.45) is 12.6. The quantitative estimate of drug-likeness (QED) is 0.346. The van der Waals surface area contributed by atoms with Crippen LogP contribution in [0.4, 0.5) is 0 Å². The first-order valence-electron chi connectivity index (χ1n) is 3.96. The molecule has 22 heavy (non-hydrogen) atoms.